The fraction of sp³-hybridized carbons (Fsp3) is 0.182. The molecule has 186 valence electrons. The molecule has 14 heteroatoms. The Labute approximate surface area is 227 Å². The SMILES string of the molecule is CC(Sc1nnc(SCC(=O)Cc2ccc3ncnc(Nc4cc(Cl)c(Cl)cc4F)c3c2)s1)C(=O)O. The minimum Gasteiger partial charge on any atom is -0.480 e. The molecular weight excluding hydrogens is 568 g/mol. The molecule has 0 amide bonds. The third-order valence-corrected chi connectivity index (χ3v) is 8.74. The number of carbonyl (C=O) groups excluding carboxylic acids is 1. The van der Waals surface area contributed by atoms with Crippen LogP contribution in [0.5, 0.6) is 0 Å². The number of halogens is 3. The zero-order valence-electron chi connectivity index (χ0n) is 18.4. The smallest absolute Gasteiger partial charge is 0.316 e. The molecule has 0 aliphatic rings. The van der Waals surface area contributed by atoms with Crippen molar-refractivity contribution in [3.05, 3.63) is 58.1 Å². The molecule has 1 atom stereocenters. The average Bonchev–Trinajstić information content (AvgIpc) is 3.28. The number of benzene rings is 2. The number of thioether (sulfide) groups is 2. The van der Waals surface area contributed by atoms with E-state index in [-0.39, 0.29) is 33.7 Å². The van der Waals surface area contributed by atoms with Gasteiger partial charge in [-0.1, -0.05) is 64.1 Å². The summed E-state index contributed by atoms with van der Waals surface area (Å²) in [7, 11) is 0. The molecule has 0 radical (unpaired) electrons. The van der Waals surface area contributed by atoms with Gasteiger partial charge in [-0.3, -0.25) is 9.59 Å². The highest BCUT2D eigenvalue weighted by molar-refractivity contribution is 8.04. The van der Waals surface area contributed by atoms with Gasteiger partial charge in [0.2, 0.25) is 0 Å². The number of carboxylic acid groups (broad SMARTS) is 1. The van der Waals surface area contributed by atoms with Crippen molar-refractivity contribution in [3.63, 3.8) is 0 Å². The van der Waals surface area contributed by atoms with Crippen LogP contribution in [0.3, 0.4) is 0 Å². The van der Waals surface area contributed by atoms with Gasteiger partial charge in [-0.25, -0.2) is 14.4 Å². The number of rotatable bonds is 10. The summed E-state index contributed by atoms with van der Waals surface area (Å²) in [5, 5.41) is 20.2. The fourth-order valence-electron chi connectivity index (χ4n) is 2.98. The molecule has 0 saturated heterocycles. The van der Waals surface area contributed by atoms with E-state index < -0.39 is 17.0 Å². The maximum absolute atomic E-state index is 14.4. The lowest BCUT2D eigenvalue weighted by atomic mass is 10.1. The van der Waals surface area contributed by atoms with Gasteiger partial charge >= 0.3 is 5.97 Å². The summed E-state index contributed by atoms with van der Waals surface area (Å²) in [6.07, 6.45) is 1.52. The summed E-state index contributed by atoms with van der Waals surface area (Å²) in [4.78, 5) is 32.0. The monoisotopic (exact) mass is 583 g/mol. The highest BCUT2D eigenvalue weighted by Crippen LogP contribution is 2.33. The molecule has 4 aromatic rings. The third kappa shape index (κ3) is 6.62. The Morgan fingerprint density at radius 1 is 1.14 bits per heavy atom. The number of carbonyl (C=O) groups is 2. The summed E-state index contributed by atoms with van der Waals surface area (Å²) >= 11 is 15.5. The lowest BCUT2D eigenvalue weighted by molar-refractivity contribution is -0.136. The highest BCUT2D eigenvalue weighted by atomic mass is 35.5. The first-order valence-electron chi connectivity index (χ1n) is 10.2. The molecule has 2 N–H and O–H groups in total. The van der Waals surface area contributed by atoms with Crippen LogP contribution >= 0.6 is 58.1 Å². The number of hydrogen-bond donors (Lipinski definition) is 2. The van der Waals surface area contributed by atoms with Gasteiger partial charge in [-0.2, -0.15) is 0 Å². The predicted molar refractivity (Wildman–Crippen MR) is 142 cm³/mol. The van der Waals surface area contributed by atoms with Gasteiger partial charge in [0.05, 0.1) is 27.0 Å². The number of nitrogens with zero attached hydrogens (tertiary/aromatic N) is 4. The molecule has 0 fully saturated rings. The first-order valence-corrected chi connectivity index (χ1v) is 13.7. The van der Waals surface area contributed by atoms with Gasteiger partial charge in [0, 0.05) is 11.8 Å². The molecule has 4 rings (SSSR count). The van der Waals surface area contributed by atoms with Gasteiger partial charge in [0.25, 0.3) is 0 Å². The van der Waals surface area contributed by atoms with Crippen molar-refractivity contribution in [1.82, 2.24) is 20.2 Å². The number of Topliss-reactive ketones (excluding diaryl/α,β-unsaturated/α-hetero) is 1. The van der Waals surface area contributed by atoms with Crippen molar-refractivity contribution < 1.29 is 19.1 Å². The zero-order chi connectivity index (χ0) is 25.8. The standard InChI is InChI=1S/C22H16Cl2FN5O3S3/c1-10(20(32)33)35-22-30-29-21(36-22)34-8-12(31)4-11-2-3-17-13(5-11)19(27-9-26-17)28-18-7-15(24)14(23)6-16(18)25/h2-3,5-7,9-10H,4,8H2,1H3,(H,32,33)(H,26,27,28). The molecule has 0 aliphatic carbocycles. The van der Waals surface area contributed by atoms with Crippen molar-refractivity contribution in [2.24, 2.45) is 0 Å². The van der Waals surface area contributed by atoms with E-state index in [0.717, 1.165) is 23.4 Å². The summed E-state index contributed by atoms with van der Waals surface area (Å²) in [5.74, 6) is -1.02. The van der Waals surface area contributed by atoms with E-state index in [2.05, 4.69) is 25.5 Å². The van der Waals surface area contributed by atoms with Gasteiger partial charge in [-0.05, 0) is 36.8 Å². The van der Waals surface area contributed by atoms with Crippen LogP contribution in [0.25, 0.3) is 10.9 Å². The summed E-state index contributed by atoms with van der Waals surface area (Å²) in [6.45, 7) is 1.57. The molecule has 8 nitrogen and oxygen atoms in total. The first-order chi connectivity index (χ1) is 17.2. The summed E-state index contributed by atoms with van der Waals surface area (Å²) < 4.78 is 15.5. The molecule has 1 unspecified atom stereocenters. The summed E-state index contributed by atoms with van der Waals surface area (Å²) in [5.41, 5.74) is 1.46. The number of carboxylic acids is 1. The van der Waals surface area contributed by atoms with E-state index in [1.54, 1.807) is 25.1 Å². The van der Waals surface area contributed by atoms with Crippen LogP contribution in [-0.2, 0) is 16.0 Å². The number of aromatic nitrogens is 4. The Bertz CT molecular complexity index is 1460. The van der Waals surface area contributed by atoms with E-state index in [1.807, 2.05) is 0 Å². The predicted octanol–water partition coefficient (Wildman–Crippen LogP) is 6.14. The van der Waals surface area contributed by atoms with Crippen molar-refractivity contribution in [2.75, 3.05) is 11.1 Å². The fourth-order valence-corrected chi connectivity index (χ4v) is 6.26. The molecule has 0 bridgehead atoms. The quantitative estimate of drug-likeness (QED) is 0.166. The number of anilines is 2. The second-order valence-electron chi connectivity index (χ2n) is 7.38. The summed E-state index contributed by atoms with van der Waals surface area (Å²) in [6, 6.07) is 7.83. The van der Waals surface area contributed by atoms with Crippen LogP contribution < -0.4 is 5.32 Å². The lowest BCUT2D eigenvalue weighted by Crippen LogP contribution is -2.10. The average molecular weight is 585 g/mol. The molecule has 2 aromatic heterocycles. The Morgan fingerprint density at radius 3 is 2.67 bits per heavy atom. The zero-order valence-corrected chi connectivity index (χ0v) is 22.3. The van der Waals surface area contributed by atoms with Crippen LogP contribution in [0.4, 0.5) is 15.9 Å². The van der Waals surface area contributed by atoms with Crippen LogP contribution in [-0.4, -0.2) is 48.0 Å². The third-order valence-electron chi connectivity index (χ3n) is 4.73. The van der Waals surface area contributed by atoms with E-state index in [9.17, 15) is 14.0 Å². The van der Waals surface area contributed by atoms with E-state index in [1.165, 1.54) is 35.5 Å². The maximum atomic E-state index is 14.4. The topological polar surface area (TPSA) is 118 Å². The molecule has 0 saturated carbocycles. The van der Waals surface area contributed by atoms with Crippen molar-refractivity contribution in [2.45, 2.75) is 27.3 Å². The molecule has 2 aromatic carbocycles. The minimum absolute atomic E-state index is 0.0375. The second-order valence-corrected chi connectivity index (χ2v) is 12.0. The van der Waals surface area contributed by atoms with Crippen molar-refractivity contribution >= 4 is 92.2 Å². The Balaban J connectivity index is 1.44. The maximum Gasteiger partial charge on any atom is 0.316 e. The van der Waals surface area contributed by atoms with Crippen LogP contribution in [0.2, 0.25) is 10.0 Å². The van der Waals surface area contributed by atoms with E-state index in [0.29, 0.717) is 25.4 Å². The molecular formula is C22H16Cl2FN5O3S3. The Kier molecular flexibility index (Phi) is 8.62. The largest absolute Gasteiger partial charge is 0.480 e. The highest BCUT2D eigenvalue weighted by Gasteiger charge is 2.17. The van der Waals surface area contributed by atoms with Gasteiger partial charge < -0.3 is 10.4 Å². The number of ketones is 1. The molecule has 0 aliphatic heterocycles. The van der Waals surface area contributed by atoms with Crippen molar-refractivity contribution in [1.29, 1.82) is 0 Å². The molecule has 2 heterocycles. The van der Waals surface area contributed by atoms with Gasteiger partial charge in [0.1, 0.15) is 29.0 Å². The molecule has 0 spiro atoms. The second kappa shape index (κ2) is 11.7. The van der Waals surface area contributed by atoms with Gasteiger partial charge in [-0.15, -0.1) is 10.2 Å². The molecule has 36 heavy (non-hydrogen) atoms. The van der Waals surface area contributed by atoms with E-state index >= 15 is 0 Å². The van der Waals surface area contributed by atoms with E-state index in [4.69, 9.17) is 28.3 Å². The minimum atomic E-state index is -0.930. The number of hydrogen-bond acceptors (Lipinski definition) is 10. The Morgan fingerprint density at radius 2 is 1.89 bits per heavy atom. The van der Waals surface area contributed by atoms with Crippen LogP contribution in [0.1, 0.15) is 12.5 Å². The number of aliphatic carboxylic acids is 1. The van der Waals surface area contributed by atoms with Gasteiger partial charge in [0.15, 0.2) is 8.68 Å². The van der Waals surface area contributed by atoms with Crippen LogP contribution in [0.15, 0.2) is 45.3 Å². The normalized spacial score (nSPS) is 12.0. The lowest BCUT2D eigenvalue weighted by Gasteiger charge is -2.11. The van der Waals surface area contributed by atoms with Crippen LogP contribution in [0, 0.1) is 5.82 Å². The number of nitrogens with one attached hydrogen (secondary N) is 1. The number of fused-ring (bicyclic) bond motifs is 1. The Hall–Kier alpha value is -2.51. The van der Waals surface area contributed by atoms with Crippen molar-refractivity contribution in [3.8, 4) is 0 Å². The first kappa shape index (κ1) is 26.6.